The van der Waals surface area contributed by atoms with Crippen LogP contribution in [0.3, 0.4) is 0 Å². The lowest BCUT2D eigenvalue weighted by Crippen LogP contribution is -2.60. The summed E-state index contributed by atoms with van der Waals surface area (Å²) in [5.74, 6) is 0.0187. The van der Waals surface area contributed by atoms with E-state index in [4.69, 9.17) is 15.2 Å². The summed E-state index contributed by atoms with van der Waals surface area (Å²) in [4.78, 5) is 19.6. The molecule has 7 heteroatoms. The minimum Gasteiger partial charge on any atom is -0.381 e. The van der Waals surface area contributed by atoms with E-state index in [0.717, 1.165) is 22.3 Å². The summed E-state index contributed by atoms with van der Waals surface area (Å²) < 4.78 is 11.0. The van der Waals surface area contributed by atoms with Gasteiger partial charge in [-0.25, -0.2) is 0 Å². The number of nitrogens with two attached hydrogens (primary N) is 1. The van der Waals surface area contributed by atoms with Gasteiger partial charge in [-0.1, -0.05) is 48.6 Å². The fourth-order valence-corrected chi connectivity index (χ4v) is 5.82. The lowest BCUT2D eigenvalue weighted by atomic mass is 9.60. The van der Waals surface area contributed by atoms with Gasteiger partial charge in [0.2, 0.25) is 5.91 Å². The van der Waals surface area contributed by atoms with Gasteiger partial charge in [-0.05, 0) is 67.2 Å². The molecule has 1 spiro atoms. The van der Waals surface area contributed by atoms with E-state index < -0.39 is 11.0 Å². The molecule has 1 unspecified atom stereocenters. The van der Waals surface area contributed by atoms with Crippen molar-refractivity contribution in [2.24, 2.45) is 16.1 Å². The Balaban J connectivity index is 1.90. The molecule has 2 heterocycles. The van der Waals surface area contributed by atoms with E-state index in [1.54, 1.807) is 13.2 Å². The van der Waals surface area contributed by atoms with Crippen LogP contribution in [0.2, 0.25) is 0 Å². The molecule has 2 aliphatic heterocycles. The second-order valence-electron chi connectivity index (χ2n) is 10.1. The fraction of sp³-hybridized carbons (Fsp3) is 0.387. The Hall–Kier alpha value is -3.73. The van der Waals surface area contributed by atoms with Crippen LogP contribution < -0.4 is 5.73 Å². The molecule has 2 aliphatic rings. The highest BCUT2D eigenvalue weighted by Gasteiger charge is 2.56. The summed E-state index contributed by atoms with van der Waals surface area (Å²) in [5.41, 5.74) is 10.2. The van der Waals surface area contributed by atoms with Gasteiger partial charge < -0.3 is 20.1 Å². The van der Waals surface area contributed by atoms with E-state index in [0.29, 0.717) is 51.2 Å². The first-order valence-corrected chi connectivity index (χ1v) is 13.0. The van der Waals surface area contributed by atoms with Crippen molar-refractivity contribution in [3.8, 4) is 17.2 Å². The van der Waals surface area contributed by atoms with Gasteiger partial charge in [0, 0.05) is 38.7 Å². The third-order valence-electron chi connectivity index (χ3n) is 8.08. The molecule has 1 fully saturated rings. The first-order chi connectivity index (χ1) is 18.4. The Bertz CT molecular complexity index is 1300. The molecule has 0 bridgehead atoms. The Kier molecular flexibility index (Phi) is 8.45. The van der Waals surface area contributed by atoms with Gasteiger partial charge >= 0.3 is 0 Å². The van der Waals surface area contributed by atoms with Crippen molar-refractivity contribution >= 4 is 11.9 Å². The number of nitrogens with zero attached hydrogens (tertiary/aromatic N) is 3. The Morgan fingerprint density at radius 3 is 2.61 bits per heavy atom. The standard InChI is InChI=1S/C31H36N4O3/c1-4-23(9-7-15-37-3)22-35-29(33)34-28(36)20-31(13-16-38-17-14-31)30(35,2)27-12-6-11-26(19-27)25-10-5-8-24(18-25)21-32/h4-12,18-19H,13-17,20,22H2,1-3H3,(H2,33,34,36)/b9-7-,23-4+. The molecule has 2 aromatic carbocycles. The molecule has 0 radical (unpaired) electrons. The van der Waals surface area contributed by atoms with Crippen molar-refractivity contribution in [2.45, 2.75) is 38.6 Å². The number of aliphatic imine (C=N–C) groups is 1. The molecule has 2 aromatic rings. The normalized spacial score (nSPS) is 21.8. The number of ether oxygens (including phenoxy) is 2. The van der Waals surface area contributed by atoms with Crippen molar-refractivity contribution in [1.29, 1.82) is 5.26 Å². The zero-order valence-corrected chi connectivity index (χ0v) is 22.4. The molecule has 4 rings (SSSR count). The number of carbonyl (C=O) groups is 1. The number of rotatable bonds is 7. The van der Waals surface area contributed by atoms with E-state index in [-0.39, 0.29) is 11.9 Å². The zero-order valence-electron chi connectivity index (χ0n) is 22.4. The van der Waals surface area contributed by atoms with Crippen LogP contribution in [-0.4, -0.2) is 50.2 Å². The van der Waals surface area contributed by atoms with Crippen LogP contribution in [0.5, 0.6) is 0 Å². The molecule has 1 amide bonds. The van der Waals surface area contributed by atoms with Gasteiger partial charge in [0.05, 0.1) is 23.8 Å². The van der Waals surface area contributed by atoms with Gasteiger partial charge in [0.25, 0.3) is 0 Å². The number of benzene rings is 2. The monoisotopic (exact) mass is 512 g/mol. The van der Waals surface area contributed by atoms with E-state index in [1.807, 2.05) is 49.4 Å². The second-order valence-corrected chi connectivity index (χ2v) is 10.1. The highest BCUT2D eigenvalue weighted by Crippen LogP contribution is 2.54. The summed E-state index contributed by atoms with van der Waals surface area (Å²) in [6, 6.07) is 18.2. The summed E-state index contributed by atoms with van der Waals surface area (Å²) >= 11 is 0. The maximum atomic E-state index is 13.1. The van der Waals surface area contributed by atoms with Crippen molar-refractivity contribution in [1.82, 2.24) is 4.90 Å². The number of methoxy groups -OCH3 is 1. The smallest absolute Gasteiger partial charge is 0.249 e. The number of hydrogen-bond acceptors (Lipinski definition) is 6. The largest absolute Gasteiger partial charge is 0.381 e. The maximum Gasteiger partial charge on any atom is 0.249 e. The molecule has 0 saturated carbocycles. The minimum atomic E-state index is -0.664. The molecule has 1 saturated heterocycles. The van der Waals surface area contributed by atoms with Crippen LogP contribution in [0, 0.1) is 16.7 Å². The van der Waals surface area contributed by atoms with E-state index in [1.165, 1.54) is 0 Å². The summed E-state index contributed by atoms with van der Waals surface area (Å²) in [7, 11) is 1.66. The highest BCUT2D eigenvalue weighted by atomic mass is 16.5. The topological polar surface area (TPSA) is 101 Å². The Morgan fingerprint density at radius 1 is 1.21 bits per heavy atom. The van der Waals surface area contributed by atoms with Gasteiger partial charge in [-0.3, -0.25) is 4.79 Å². The van der Waals surface area contributed by atoms with Crippen molar-refractivity contribution in [2.75, 3.05) is 33.5 Å². The van der Waals surface area contributed by atoms with Crippen LogP contribution in [0.25, 0.3) is 11.1 Å². The number of amides is 1. The maximum absolute atomic E-state index is 13.1. The fourth-order valence-electron chi connectivity index (χ4n) is 5.82. The molecule has 2 N–H and O–H groups in total. The molecular formula is C31H36N4O3. The third-order valence-corrected chi connectivity index (χ3v) is 8.08. The second kappa shape index (κ2) is 11.8. The molecule has 198 valence electrons. The first kappa shape index (κ1) is 27.3. The average molecular weight is 513 g/mol. The van der Waals surface area contributed by atoms with Crippen LogP contribution in [0.4, 0.5) is 0 Å². The summed E-state index contributed by atoms with van der Waals surface area (Å²) in [6.07, 6.45) is 7.77. The SMILES string of the molecule is C/C=C(\C=C/COC)CN1C(N)=NC(=O)CC2(CCOCC2)C1(C)c1cccc(-c2cccc(C#N)c2)c1. The molecular weight excluding hydrogens is 476 g/mol. The average Bonchev–Trinajstić information content (AvgIpc) is 3.01. The van der Waals surface area contributed by atoms with Gasteiger partial charge in [0.1, 0.15) is 0 Å². The summed E-state index contributed by atoms with van der Waals surface area (Å²) in [6.45, 7) is 6.31. The number of hydrogen-bond donors (Lipinski definition) is 1. The molecule has 0 aromatic heterocycles. The van der Waals surface area contributed by atoms with Crippen LogP contribution >= 0.6 is 0 Å². The van der Waals surface area contributed by atoms with Crippen molar-refractivity contribution in [3.63, 3.8) is 0 Å². The minimum absolute atomic E-state index is 0.201. The Labute approximate surface area is 225 Å². The zero-order chi connectivity index (χ0) is 27.2. The lowest BCUT2D eigenvalue weighted by molar-refractivity contribution is -0.126. The molecule has 7 nitrogen and oxygen atoms in total. The van der Waals surface area contributed by atoms with Gasteiger partial charge in [0.15, 0.2) is 5.96 Å². The predicted octanol–water partition coefficient (Wildman–Crippen LogP) is 4.93. The third kappa shape index (κ3) is 5.28. The first-order valence-electron chi connectivity index (χ1n) is 13.0. The Morgan fingerprint density at radius 2 is 1.92 bits per heavy atom. The van der Waals surface area contributed by atoms with E-state index in [2.05, 4.69) is 41.1 Å². The van der Waals surface area contributed by atoms with E-state index >= 15 is 0 Å². The number of allylic oxidation sites excluding steroid dienone is 1. The van der Waals surface area contributed by atoms with Crippen molar-refractivity contribution in [3.05, 3.63) is 83.5 Å². The quantitative estimate of drug-likeness (QED) is 0.528. The van der Waals surface area contributed by atoms with Gasteiger partial charge in [-0.2, -0.15) is 10.3 Å². The molecule has 0 aliphatic carbocycles. The number of guanidine groups is 1. The highest BCUT2D eigenvalue weighted by molar-refractivity contribution is 5.94. The number of carbonyl (C=O) groups excluding carboxylic acids is 1. The predicted molar refractivity (Wildman–Crippen MR) is 149 cm³/mol. The molecule has 1 atom stereocenters. The number of nitriles is 1. The summed E-state index contributed by atoms with van der Waals surface area (Å²) in [5, 5.41) is 9.43. The van der Waals surface area contributed by atoms with Crippen LogP contribution in [0.1, 0.15) is 44.2 Å². The van der Waals surface area contributed by atoms with Crippen molar-refractivity contribution < 1.29 is 14.3 Å². The molecule has 38 heavy (non-hydrogen) atoms. The van der Waals surface area contributed by atoms with Gasteiger partial charge in [-0.15, -0.1) is 0 Å². The van der Waals surface area contributed by atoms with Crippen LogP contribution in [0.15, 0.2) is 77.3 Å². The lowest BCUT2D eigenvalue weighted by Gasteiger charge is -2.55. The van der Waals surface area contributed by atoms with E-state index in [9.17, 15) is 10.1 Å². The van der Waals surface area contributed by atoms with Crippen LogP contribution in [-0.2, 0) is 19.8 Å².